The number of halogens is 2. The molecule has 6 heteroatoms. The Bertz CT molecular complexity index is 510. The Hall–Kier alpha value is -1.82. The second-order valence-electron chi connectivity index (χ2n) is 3.62. The van der Waals surface area contributed by atoms with E-state index >= 15 is 0 Å². The number of rotatable bonds is 4. The van der Waals surface area contributed by atoms with Gasteiger partial charge in [0.1, 0.15) is 18.0 Å². The lowest BCUT2D eigenvalue weighted by atomic mass is 10.2. The number of benzene rings is 1. The molecule has 4 nitrogen and oxygen atoms in total. The van der Waals surface area contributed by atoms with E-state index in [1.165, 1.54) is 11.0 Å². The Morgan fingerprint density at radius 1 is 1.35 bits per heavy atom. The van der Waals surface area contributed by atoms with E-state index in [0.717, 1.165) is 18.2 Å². The molecule has 0 amide bonds. The lowest BCUT2D eigenvalue weighted by Gasteiger charge is -2.02. The molecule has 0 atom stereocenters. The first-order chi connectivity index (χ1) is 8.19. The van der Waals surface area contributed by atoms with Crippen LogP contribution in [0.3, 0.4) is 0 Å². The molecule has 90 valence electrons. The van der Waals surface area contributed by atoms with Gasteiger partial charge in [-0.25, -0.2) is 18.4 Å². The minimum Gasteiger partial charge on any atom is -0.313 e. The SMILES string of the molecule is CNCc1ncn(Cc2cc(F)ccc2F)n1. The molecule has 1 aromatic heterocycles. The molecule has 17 heavy (non-hydrogen) atoms. The molecule has 0 spiro atoms. The van der Waals surface area contributed by atoms with E-state index < -0.39 is 11.6 Å². The first kappa shape index (κ1) is 11.7. The van der Waals surface area contributed by atoms with Crippen LogP contribution in [0.4, 0.5) is 8.78 Å². The second kappa shape index (κ2) is 5.01. The highest BCUT2D eigenvalue weighted by Gasteiger charge is 2.06. The van der Waals surface area contributed by atoms with Gasteiger partial charge in [0.05, 0.1) is 13.1 Å². The minimum absolute atomic E-state index is 0.167. The maximum absolute atomic E-state index is 13.4. The van der Waals surface area contributed by atoms with Crippen molar-refractivity contribution in [1.82, 2.24) is 20.1 Å². The van der Waals surface area contributed by atoms with Crippen molar-refractivity contribution in [3.63, 3.8) is 0 Å². The van der Waals surface area contributed by atoms with E-state index in [9.17, 15) is 8.78 Å². The molecule has 0 radical (unpaired) electrons. The fourth-order valence-corrected chi connectivity index (χ4v) is 1.49. The molecule has 1 aromatic carbocycles. The van der Waals surface area contributed by atoms with Gasteiger partial charge >= 0.3 is 0 Å². The molecule has 0 saturated heterocycles. The van der Waals surface area contributed by atoms with Gasteiger partial charge in [-0.15, -0.1) is 0 Å². The molecule has 0 bridgehead atoms. The van der Waals surface area contributed by atoms with Crippen molar-refractivity contribution in [2.45, 2.75) is 13.1 Å². The average Bonchev–Trinajstić information content (AvgIpc) is 2.72. The third kappa shape index (κ3) is 2.85. The Balaban J connectivity index is 2.16. The molecular formula is C11H12F2N4. The summed E-state index contributed by atoms with van der Waals surface area (Å²) in [7, 11) is 1.78. The van der Waals surface area contributed by atoms with Crippen LogP contribution < -0.4 is 5.32 Å². The predicted molar refractivity (Wildman–Crippen MR) is 58.2 cm³/mol. The molecule has 2 rings (SSSR count). The van der Waals surface area contributed by atoms with Gasteiger partial charge in [0.15, 0.2) is 5.82 Å². The van der Waals surface area contributed by atoms with Gasteiger partial charge in [0.25, 0.3) is 0 Å². The Morgan fingerprint density at radius 2 is 2.18 bits per heavy atom. The Morgan fingerprint density at radius 3 is 2.94 bits per heavy atom. The van der Waals surface area contributed by atoms with Crippen LogP contribution in [0.15, 0.2) is 24.5 Å². The third-order valence-electron chi connectivity index (χ3n) is 2.26. The number of hydrogen-bond acceptors (Lipinski definition) is 3. The van der Waals surface area contributed by atoms with E-state index in [4.69, 9.17) is 0 Å². The van der Waals surface area contributed by atoms with Gasteiger partial charge in [-0.3, -0.25) is 0 Å². The Kier molecular flexibility index (Phi) is 3.43. The van der Waals surface area contributed by atoms with Crippen molar-refractivity contribution >= 4 is 0 Å². The van der Waals surface area contributed by atoms with Crippen molar-refractivity contribution in [3.8, 4) is 0 Å². The van der Waals surface area contributed by atoms with E-state index in [1.807, 2.05) is 0 Å². The molecule has 0 aliphatic carbocycles. The molecule has 0 aliphatic heterocycles. The first-order valence-corrected chi connectivity index (χ1v) is 5.16. The summed E-state index contributed by atoms with van der Waals surface area (Å²) in [5.41, 5.74) is 0.255. The molecule has 1 N–H and O–H groups in total. The number of hydrogen-bond donors (Lipinski definition) is 1. The summed E-state index contributed by atoms with van der Waals surface area (Å²) < 4.78 is 27.8. The van der Waals surface area contributed by atoms with Crippen LogP contribution in [0, 0.1) is 11.6 Å². The zero-order chi connectivity index (χ0) is 12.3. The number of nitrogens with zero attached hydrogens (tertiary/aromatic N) is 3. The maximum atomic E-state index is 13.4. The maximum Gasteiger partial charge on any atom is 0.164 e. The smallest absolute Gasteiger partial charge is 0.164 e. The fraction of sp³-hybridized carbons (Fsp3) is 0.273. The van der Waals surface area contributed by atoms with Crippen LogP contribution in [0.5, 0.6) is 0 Å². The lowest BCUT2D eigenvalue weighted by Crippen LogP contribution is -2.08. The van der Waals surface area contributed by atoms with Gasteiger partial charge < -0.3 is 5.32 Å². The zero-order valence-corrected chi connectivity index (χ0v) is 9.32. The topological polar surface area (TPSA) is 42.7 Å². The van der Waals surface area contributed by atoms with Gasteiger partial charge in [-0.2, -0.15) is 5.10 Å². The standard InChI is InChI=1S/C11H12F2N4/c1-14-5-11-15-7-17(16-11)6-8-4-9(12)2-3-10(8)13/h2-4,7,14H,5-6H2,1H3. The third-order valence-corrected chi connectivity index (χ3v) is 2.26. The highest BCUT2D eigenvalue weighted by atomic mass is 19.1. The highest BCUT2D eigenvalue weighted by molar-refractivity contribution is 5.18. The summed E-state index contributed by atoms with van der Waals surface area (Å²) in [6.45, 7) is 0.707. The summed E-state index contributed by atoms with van der Waals surface area (Å²) in [6, 6.07) is 3.36. The van der Waals surface area contributed by atoms with E-state index in [0.29, 0.717) is 12.4 Å². The Labute approximate surface area is 97.3 Å². The fourth-order valence-electron chi connectivity index (χ4n) is 1.49. The average molecular weight is 238 g/mol. The molecule has 0 unspecified atom stereocenters. The summed E-state index contributed by atoms with van der Waals surface area (Å²) in [6.07, 6.45) is 1.50. The monoisotopic (exact) mass is 238 g/mol. The van der Waals surface area contributed by atoms with Crippen LogP contribution in [0.2, 0.25) is 0 Å². The van der Waals surface area contributed by atoms with Gasteiger partial charge in [0, 0.05) is 5.56 Å². The van der Waals surface area contributed by atoms with Gasteiger partial charge in [-0.1, -0.05) is 0 Å². The largest absolute Gasteiger partial charge is 0.313 e. The molecule has 0 saturated carbocycles. The van der Waals surface area contributed by atoms with E-state index in [2.05, 4.69) is 15.4 Å². The summed E-state index contributed by atoms with van der Waals surface area (Å²) in [5.74, 6) is -0.293. The predicted octanol–water partition coefficient (Wildman–Crippen LogP) is 1.32. The van der Waals surface area contributed by atoms with Crippen molar-refractivity contribution in [3.05, 3.63) is 47.5 Å². The van der Waals surface area contributed by atoms with Gasteiger partial charge in [-0.05, 0) is 25.2 Å². The molecule has 0 fully saturated rings. The van der Waals surface area contributed by atoms with Crippen LogP contribution in [0.25, 0.3) is 0 Å². The minimum atomic E-state index is -0.461. The number of aromatic nitrogens is 3. The summed E-state index contributed by atoms with van der Waals surface area (Å²) >= 11 is 0. The quantitative estimate of drug-likeness (QED) is 0.873. The second-order valence-corrected chi connectivity index (χ2v) is 3.62. The number of nitrogens with one attached hydrogen (secondary N) is 1. The lowest BCUT2D eigenvalue weighted by molar-refractivity contribution is 0.564. The summed E-state index contributed by atoms with van der Waals surface area (Å²) in [5, 5.41) is 7.03. The molecule has 1 heterocycles. The summed E-state index contributed by atoms with van der Waals surface area (Å²) in [4.78, 5) is 4.03. The van der Waals surface area contributed by atoms with Crippen molar-refractivity contribution in [1.29, 1.82) is 0 Å². The van der Waals surface area contributed by atoms with Crippen LogP contribution in [-0.2, 0) is 13.1 Å². The molecule has 0 aliphatic rings. The van der Waals surface area contributed by atoms with Crippen LogP contribution in [0.1, 0.15) is 11.4 Å². The molecule has 2 aromatic rings. The van der Waals surface area contributed by atoms with Crippen molar-refractivity contribution in [2.24, 2.45) is 0 Å². The van der Waals surface area contributed by atoms with Crippen molar-refractivity contribution < 1.29 is 8.78 Å². The highest BCUT2D eigenvalue weighted by Crippen LogP contribution is 2.10. The van der Waals surface area contributed by atoms with E-state index in [1.54, 1.807) is 7.05 Å². The van der Waals surface area contributed by atoms with Gasteiger partial charge in [0.2, 0.25) is 0 Å². The zero-order valence-electron chi connectivity index (χ0n) is 9.32. The van der Waals surface area contributed by atoms with Crippen LogP contribution >= 0.6 is 0 Å². The van der Waals surface area contributed by atoms with Crippen molar-refractivity contribution in [2.75, 3.05) is 7.05 Å². The van der Waals surface area contributed by atoms with E-state index in [-0.39, 0.29) is 12.1 Å². The first-order valence-electron chi connectivity index (χ1n) is 5.16. The normalized spacial score (nSPS) is 10.8. The molecular weight excluding hydrogens is 226 g/mol. The van der Waals surface area contributed by atoms with Crippen LogP contribution in [-0.4, -0.2) is 21.8 Å².